The van der Waals surface area contributed by atoms with Crippen LogP contribution < -0.4 is 0 Å². The van der Waals surface area contributed by atoms with Crippen molar-refractivity contribution in [3.63, 3.8) is 0 Å². The summed E-state index contributed by atoms with van der Waals surface area (Å²) >= 11 is 0. The van der Waals surface area contributed by atoms with E-state index in [9.17, 15) is 0 Å². The van der Waals surface area contributed by atoms with E-state index in [1.165, 1.54) is 64.2 Å². The Morgan fingerprint density at radius 3 is 2.04 bits per heavy atom. The molecule has 0 N–H and O–H groups in total. The average Bonchev–Trinajstić information content (AvgIpc) is 3.16. The summed E-state index contributed by atoms with van der Waals surface area (Å²) in [6, 6.07) is 0. The van der Waals surface area contributed by atoms with E-state index in [1.54, 1.807) is 0 Å². The molecular weight excluding hydrogens is 276 g/mol. The van der Waals surface area contributed by atoms with Gasteiger partial charge in [-0.05, 0) is 72.5 Å². The Kier molecular flexibility index (Phi) is 5.95. The van der Waals surface area contributed by atoms with Crippen LogP contribution in [-0.2, 0) is 0 Å². The van der Waals surface area contributed by atoms with Gasteiger partial charge in [-0.1, -0.05) is 74.1 Å². The van der Waals surface area contributed by atoms with E-state index in [0.717, 1.165) is 17.8 Å². The fourth-order valence-corrected chi connectivity index (χ4v) is 5.94. The summed E-state index contributed by atoms with van der Waals surface area (Å²) in [5.41, 5.74) is 1.58. The second kappa shape index (κ2) is 7.09. The van der Waals surface area contributed by atoms with Gasteiger partial charge in [0.15, 0.2) is 0 Å². The maximum absolute atomic E-state index is 2.61. The highest BCUT2D eigenvalue weighted by Gasteiger charge is 2.48. The van der Waals surface area contributed by atoms with E-state index in [0.29, 0.717) is 16.2 Å². The maximum Gasteiger partial charge on any atom is -0.0223 e. The highest BCUT2D eigenvalue weighted by molar-refractivity contribution is 4.98. The van der Waals surface area contributed by atoms with Gasteiger partial charge in [0.2, 0.25) is 0 Å². The lowest BCUT2D eigenvalue weighted by Crippen LogP contribution is -2.42. The van der Waals surface area contributed by atoms with Crippen molar-refractivity contribution in [2.75, 3.05) is 0 Å². The average molecular weight is 321 g/mol. The fourth-order valence-electron chi connectivity index (χ4n) is 5.94. The van der Waals surface area contributed by atoms with Crippen molar-refractivity contribution in [2.45, 2.75) is 113 Å². The van der Waals surface area contributed by atoms with Gasteiger partial charge in [0.25, 0.3) is 0 Å². The van der Waals surface area contributed by atoms with Crippen LogP contribution >= 0.6 is 0 Å². The molecule has 0 heteroatoms. The Balaban J connectivity index is 2.13. The van der Waals surface area contributed by atoms with Crippen molar-refractivity contribution in [1.29, 1.82) is 0 Å². The van der Waals surface area contributed by atoms with Gasteiger partial charge in [-0.25, -0.2) is 0 Å². The molecular formula is C23H44. The topological polar surface area (TPSA) is 0 Å². The molecule has 0 spiro atoms. The van der Waals surface area contributed by atoms with Gasteiger partial charge in [-0.3, -0.25) is 0 Å². The van der Waals surface area contributed by atoms with Crippen molar-refractivity contribution < 1.29 is 0 Å². The Hall–Kier alpha value is 0. The summed E-state index contributed by atoms with van der Waals surface area (Å²) in [7, 11) is 0. The maximum atomic E-state index is 2.61. The second-order valence-electron chi connectivity index (χ2n) is 10.9. The summed E-state index contributed by atoms with van der Waals surface area (Å²) in [5, 5.41) is 0. The van der Waals surface area contributed by atoms with Gasteiger partial charge in [-0.2, -0.15) is 0 Å². The molecule has 0 aliphatic heterocycles. The molecule has 0 radical (unpaired) electrons. The van der Waals surface area contributed by atoms with E-state index in [-0.39, 0.29) is 0 Å². The molecule has 0 heterocycles. The van der Waals surface area contributed by atoms with Crippen LogP contribution in [0.25, 0.3) is 0 Å². The molecule has 2 rings (SSSR count). The molecule has 0 bridgehead atoms. The van der Waals surface area contributed by atoms with Crippen molar-refractivity contribution in [3.8, 4) is 0 Å². The van der Waals surface area contributed by atoms with Crippen molar-refractivity contribution in [3.05, 3.63) is 0 Å². The second-order valence-corrected chi connectivity index (χ2v) is 10.9. The summed E-state index contributed by atoms with van der Waals surface area (Å²) in [6.45, 7) is 17.6. The Morgan fingerprint density at radius 2 is 1.48 bits per heavy atom. The Bertz CT molecular complexity index is 372. The fraction of sp³-hybridized carbons (Fsp3) is 1.00. The molecule has 23 heavy (non-hydrogen) atoms. The van der Waals surface area contributed by atoms with Crippen LogP contribution in [0.3, 0.4) is 0 Å². The lowest BCUT2D eigenvalue weighted by Gasteiger charge is -2.50. The third-order valence-electron chi connectivity index (χ3n) is 7.89. The Labute approximate surface area is 147 Å². The summed E-state index contributed by atoms with van der Waals surface area (Å²) in [6.07, 6.45) is 14.6. The Morgan fingerprint density at radius 1 is 0.913 bits per heavy atom. The van der Waals surface area contributed by atoms with Gasteiger partial charge < -0.3 is 0 Å². The number of rotatable bonds is 4. The van der Waals surface area contributed by atoms with Crippen LogP contribution in [0.2, 0.25) is 0 Å². The molecule has 0 aromatic carbocycles. The quantitative estimate of drug-likeness (QED) is 0.494. The van der Waals surface area contributed by atoms with Crippen LogP contribution in [0.4, 0.5) is 0 Å². The smallest absolute Gasteiger partial charge is 0.0223 e. The summed E-state index contributed by atoms with van der Waals surface area (Å²) in [4.78, 5) is 0. The lowest BCUT2D eigenvalue weighted by atomic mass is 9.55. The first-order chi connectivity index (χ1) is 10.6. The normalized spacial score (nSPS) is 36.7. The molecule has 0 aromatic heterocycles. The number of hydrogen-bond donors (Lipinski definition) is 0. The van der Waals surface area contributed by atoms with Gasteiger partial charge in [0, 0.05) is 0 Å². The molecule has 2 aliphatic carbocycles. The first kappa shape index (κ1) is 19.3. The molecule has 0 saturated heterocycles. The van der Waals surface area contributed by atoms with E-state index in [1.807, 2.05) is 0 Å². The molecule has 0 aromatic rings. The molecule has 2 aliphatic rings. The number of hydrogen-bond acceptors (Lipinski definition) is 0. The molecule has 2 fully saturated rings. The van der Waals surface area contributed by atoms with Gasteiger partial charge in [-0.15, -0.1) is 0 Å². The zero-order valence-corrected chi connectivity index (χ0v) is 17.3. The molecule has 136 valence electrons. The standard InChI is InChI=1S/C23H44/c1-8-19-17-20(19)16-18(2)23(21(3,4)5)14-10-9-12-22(6,7)13-11-15-23/h18-20H,8-17H2,1-7H3. The van der Waals surface area contributed by atoms with E-state index in [4.69, 9.17) is 0 Å². The highest BCUT2D eigenvalue weighted by atomic mass is 14.5. The minimum Gasteiger partial charge on any atom is -0.0651 e. The van der Waals surface area contributed by atoms with Crippen LogP contribution in [0.1, 0.15) is 113 Å². The summed E-state index contributed by atoms with van der Waals surface area (Å²) in [5.74, 6) is 3.01. The molecule has 2 saturated carbocycles. The molecule has 0 amide bonds. The van der Waals surface area contributed by atoms with Crippen molar-refractivity contribution in [1.82, 2.24) is 0 Å². The predicted molar refractivity (Wildman–Crippen MR) is 104 cm³/mol. The van der Waals surface area contributed by atoms with E-state index in [2.05, 4.69) is 48.5 Å². The van der Waals surface area contributed by atoms with Crippen LogP contribution in [0, 0.1) is 34.0 Å². The molecule has 4 atom stereocenters. The van der Waals surface area contributed by atoms with Crippen molar-refractivity contribution in [2.24, 2.45) is 34.0 Å². The highest BCUT2D eigenvalue weighted by Crippen LogP contribution is 2.57. The molecule has 0 nitrogen and oxygen atoms in total. The van der Waals surface area contributed by atoms with Gasteiger partial charge in [0.05, 0.1) is 0 Å². The predicted octanol–water partition coefficient (Wildman–Crippen LogP) is 7.86. The first-order valence-corrected chi connectivity index (χ1v) is 10.6. The van der Waals surface area contributed by atoms with Gasteiger partial charge >= 0.3 is 0 Å². The SMILES string of the molecule is CCC1CC1CC(C)C1(C(C)(C)C)CCCCC(C)(C)CCC1. The van der Waals surface area contributed by atoms with Crippen molar-refractivity contribution >= 4 is 0 Å². The third kappa shape index (κ3) is 4.55. The third-order valence-corrected chi connectivity index (χ3v) is 7.89. The monoisotopic (exact) mass is 320 g/mol. The van der Waals surface area contributed by atoms with Crippen LogP contribution in [-0.4, -0.2) is 0 Å². The van der Waals surface area contributed by atoms with Crippen LogP contribution in [0.5, 0.6) is 0 Å². The largest absolute Gasteiger partial charge is 0.0651 e. The minimum absolute atomic E-state index is 0.442. The first-order valence-electron chi connectivity index (χ1n) is 10.6. The zero-order chi connectivity index (χ0) is 17.3. The minimum atomic E-state index is 0.442. The van der Waals surface area contributed by atoms with E-state index >= 15 is 0 Å². The van der Waals surface area contributed by atoms with E-state index < -0.39 is 0 Å². The zero-order valence-electron chi connectivity index (χ0n) is 17.3. The van der Waals surface area contributed by atoms with Gasteiger partial charge in [0.1, 0.15) is 0 Å². The molecule has 4 unspecified atom stereocenters. The lowest BCUT2D eigenvalue weighted by molar-refractivity contribution is -0.00745. The van der Waals surface area contributed by atoms with Crippen LogP contribution in [0.15, 0.2) is 0 Å². The summed E-state index contributed by atoms with van der Waals surface area (Å²) < 4.78 is 0.